The highest BCUT2D eigenvalue weighted by atomic mass is 32.1. The minimum absolute atomic E-state index is 0.213. The summed E-state index contributed by atoms with van der Waals surface area (Å²) in [5, 5.41) is 10.6. The standard InChI is InChI=1S/C17H23FN4S/c1-4-19-17(21-11-14-7-8-23-12-14)20-10-13-5-6-16(22(2)3)15(18)9-13/h5-9,12H,4,10-11H2,1-3H3,(H2,19,20,21). The summed E-state index contributed by atoms with van der Waals surface area (Å²) in [6.45, 7) is 3.96. The van der Waals surface area contributed by atoms with E-state index >= 15 is 0 Å². The summed E-state index contributed by atoms with van der Waals surface area (Å²) >= 11 is 1.66. The molecule has 23 heavy (non-hydrogen) atoms. The largest absolute Gasteiger partial charge is 0.375 e. The van der Waals surface area contributed by atoms with Gasteiger partial charge in [-0.15, -0.1) is 0 Å². The van der Waals surface area contributed by atoms with Crippen LogP contribution in [0.5, 0.6) is 0 Å². The number of aliphatic imine (C=N–C) groups is 1. The van der Waals surface area contributed by atoms with Crippen molar-refractivity contribution in [2.45, 2.75) is 20.0 Å². The smallest absolute Gasteiger partial charge is 0.191 e. The Kier molecular flexibility index (Phi) is 6.40. The van der Waals surface area contributed by atoms with Crippen molar-refractivity contribution in [1.29, 1.82) is 0 Å². The van der Waals surface area contributed by atoms with E-state index in [1.54, 1.807) is 28.4 Å². The van der Waals surface area contributed by atoms with Gasteiger partial charge in [-0.2, -0.15) is 11.3 Å². The van der Waals surface area contributed by atoms with E-state index in [0.717, 1.165) is 18.1 Å². The maximum absolute atomic E-state index is 14.0. The molecule has 2 N–H and O–H groups in total. The highest BCUT2D eigenvalue weighted by Gasteiger charge is 2.06. The van der Waals surface area contributed by atoms with Crippen LogP contribution in [0, 0.1) is 5.82 Å². The van der Waals surface area contributed by atoms with Gasteiger partial charge in [-0.1, -0.05) is 6.07 Å². The van der Waals surface area contributed by atoms with Crippen LogP contribution in [0.25, 0.3) is 0 Å². The van der Waals surface area contributed by atoms with Gasteiger partial charge in [0.1, 0.15) is 5.82 Å². The van der Waals surface area contributed by atoms with E-state index in [-0.39, 0.29) is 5.82 Å². The first-order valence-electron chi connectivity index (χ1n) is 7.59. The zero-order chi connectivity index (χ0) is 16.7. The molecule has 0 radical (unpaired) electrons. The molecule has 0 saturated carbocycles. The lowest BCUT2D eigenvalue weighted by Crippen LogP contribution is -2.36. The fraction of sp³-hybridized carbons (Fsp3) is 0.353. The number of nitrogens with one attached hydrogen (secondary N) is 2. The lowest BCUT2D eigenvalue weighted by atomic mass is 10.2. The molecule has 4 nitrogen and oxygen atoms in total. The van der Waals surface area contributed by atoms with Crippen LogP contribution in [-0.2, 0) is 13.1 Å². The molecule has 0 atom stereocenters. The van der Waals surface area contributed by atoms with E-state index in [0.29, 0.717) is 18.8 Å². The quantitative estimate of drug-likeness (QED) is 0.629. The summed E-state index contributed by atoms with van der Waals surface area (Å²) in [6.07, 6.45) is 0. The number of rotatable bonds is 6. The normalized spacial score (nSPS) is 11.4. The van der Waals surface area contributed by atoms with E-state index in [9.17, 15) is 4.39 Å². The lowest BCUT2D eigenvalue weighted by Gasteiger charge is -2.15. The third-order valence-electron chi connectivity index (χ3n) is 3.30. The van der Waals surface area contributed by atoms with Crippen molar-refractivity contribution in [3.63, 3.8) is 0 Å². The molecule has 0 spiro atoms. The van der Waals surface area contributed by atoms with Crippen molar-refractivity contribution in [3.8, 4) is 0 Å². The summed E-state index contributed by atoms with van der Waals surface area (Å²) in [5.41, 5.74) is 2.66. The first-order chi connectivity index (χ1) is 11.1. The Morgan fingerprint density at radius 1 is 1.22 bits per heavy atom. The second-order valence-corrected chi connectivity index (χ2v) is 6.14. The molecule has 2 rings (SSSR count). The fourth-order valence-electron chi connectivity index (χ4n) is 2.10. The zero-order valence-corrected chi connectivity index (χ0v) is 14.6. The van der Waals surface area contributed by atoms with Crippen molar-refractivity contribution in [2.75, 3.05) is 25.5 Å². The predicted octanol–water partition coefficient (Wildman–Crippen LogP) is 3.21. The summed E-state index contributed by atoms with van der Waals surface area (Å²) < 4.78 is 14.0. The predicted molar refractivity (Wildman–Crippen MR) is 96.7 cm³/mol. The van der Waals surface area contributed by atoms with E-state index in [1.807, 2.05) is 32.5 Å². The Bertz CT molecular complexity index is 638. The van der Waals surface area contributed by atoms with E-state index in [2.05, 4.69) is 27.1 Å². The summed E-state index contributed by atoms with van der Waals surface area (Å²) in [7, 11) is 3.66. The van der Waals surface area contributed by atoms with E-state index in [4.69, 9.17) is 0 Å². The average Bonchev–Trinajstić information content (AvgIpc) is 3.03. The molecule has 0 aliphatic carbocycles. The Labute approximate surface area is 141 Å². The van der Waals surface area contributed by atoms with Crippen molar-refractivity contribution < 1.29 is 4.39 Å². The first kappa shape index (κ1) is 17.3. The Balaban J connectivity index is 1.98. The number of halogens is 1. The van der Waals surface area contributed by atoms with Gasteiger partial charge in [0.05, 0.1) is 12.2 Å². The minimum atomic E-state index is -0.213. The molecule has 0 aliphatic heterocycles. The van der Waals surface area contributed by atoms with Crippen molar-refractivity contribution in [1.82, 2.24) is 10.6 Å². The van der Waals surface area contributed by atoms with Crippen molar-refractivity contribution in [3.05, 3.63) is 52.0 Å². The molecular formula is C17H23FN4S. The number of guanidine groups is 1. The third-order valence-corrected chi connectivity index (χ3v) is 4.03. The summed E-state index contributed by atoms with van der Waals surface area (Å²) in [4.78, 5) is 6.30. The molecular weight excluding hydrogens is 311 g/mol. The number of hydrogen-bond acceptors (Lipinski definition) is 3. The van der Waals surface area contributed by atoms with E-state index in [1.165, 1.54) is 5.56 Å². The Hall–Kier alpha value is -2.08. The zero-order valence-electron chi connectivity index (χ0n) is 13.8. The topological polar surface area (TPSA) is 39.7 Å². The maximum Gasteiger partial charge on any atom is 0.191 e. The van der Waals surface area contributed by atoms with E-state index < -0.39 is 0 Å². The number of nitrogens with zero attached hydrogens (tertiary/aromatic N) is 2. The molecule has 0 aliphatic rings. The van der Waals surface area contributed by atoms with Crippen LogP contribution in [0.15, 0.2) is 40.0 Å². The Morgan fingerprint density at radius 3 is 2.65 bits per heavy atom. The van der Waals surface area contributed by atoms with Gasteiger partial charge in [-0.3, -0.25) is 0 Å². The van der Waals surface area contributed by atoms with Crippen molar-refractivity contribution >= 4 is 23.0 Å². The lowest BCUT2D eigenvalue weighted by molar-refractivity contribution is 0.623. The van der Waals surface area contributed by atoms with Gasteiger partial charge in [0.15, 0.2) is 5.96 Å². The minimum Gasteiger partial charge on any atom is -0.375 e. The monoisotopic (exact) mass is 334 g/mol. The second kappa shape index (κ2) is 8.53. The number of anilines is 1. The molecule has 0 saturated heterocycles. The van der Waals surface area contributed by atoms with Gasteiger partial charge in [0.2, 0.25) is 0 Å². The van der Waals surface area contributed by atoms with Gasteiger partial charge in [-0.25, -0.2) is 9.38 Å². The van der Waals surface area contributed by atoms with Crippen LogP contribution < -0.4 is 15.5 Å². The molecule has 1 aromatic carbocycles. The van der Waals surface area contributed by atoms with Gasteiger partial charge < -0.3 is 15.5 Å². The average molecular weight is 334 g/mol. The summed E-state index contributed by atoms with van der Waals surface area (Å²) in [5.74, 6) is 0.519. The van der Waals surface area contributed by atoms with Gasteiger partial charge in [-0.05, 0) is 47.0 Å². The maximum atomic E-state index is 14.0. The molecule has 1 aromatic heterocycles. The molecule has 0 bridgehead atoms. The first-order valence-corrected chi connectivity index (χ1v) is 8.53. The SMILES string of the molecule is CCNC(=NCc1ccsc1)NCc1ccc(N(C)C)c(F)c1. The molecule has 1 heterocycles. The summed E-state index contributed by atoms with van der Waals surface area (Å²) in [6, 6.07) is 7.34. The second-order valence-electron chi connectivity index (χ2n) is 5.36. The Morgan fingerprint density at radius 2 is 2.04 bits per heavy atom. The fourth-order valence-corrected chi connectivity index (χ4v) is 2.76. The van der Waals surface area contributed by atoms with Gasteiger partial charge in [0, 0.05) is 27.2 Å². The molecule has 2 aromatic rings. The van der Waals surface area contributed by atoms with Crippen LogP contribution >= 0.6 is 11.3 Å². The van der Waals surface area contributed by atoms with Crippen molar-refractivity contribution in [2.24, 2.45) is 4.99 Å². The van der Waals surface area contributed by atoms with Crippen LogP contribution in [0.2, 0.25) is 0 Å². The number of thiophene rings is 1. The van der Waals surface area contributed by atoms with Crippen LogP contribution in [0.1, 0.15) is 18.1 Å². The number of benzene rings is 1. The molecule has 124 valence electrons. The van der Waals surface area contributed by atoms with Crippen LogP contribution in [0.3, 0.4) is 0 Å². The molecule has 0 amide bonds. The molecule has 0 unspecified atom stereocenters. The molecule has 0 fully saturated rings. The van der Waals surface area contributed by atoms with Gasteiger partial charge >= 0.3 is 0 Å². The highest BCUT2D eigenvalue weighted by molar-refractivity contribution is 7.07. The van der Waals surface area contributed by atoms with Crippen LogP contribution in [0.4, 0.5) is 10.1 Å². The number of hydrogen-bond donors (Lipinski definition) is 2. The van der Waals surface area contributed by atoms with Crippen LogP contribution in [-0.4, -0.2) is 26.6 Å². The highest BCUT2D eigenvalue weighted by Crippen LogP contribution is 2.18. The third kappa shape index (κ3) is 5.25. The molecule has 6 heteroatoms. The van der Waals surface area contributed by atoms with Gasteiger partial charge in [0.25, 0.3) is 0 Å².